The molecule has 3 aliphatic carbocycles. The van der Waals surface area contributed by atoms with E-state index in [0.717, 1.165) is 24.4 Å². The number of hydrogen-bond donors (Lipinski definition) is 0. The van der Waals surface area contributed by atoms with Crippen LogP contribution in [0.3, 0.4) is 0 Å². The van der Waals surface area contributed by atoms with E-state index >= 15 is 0 Å². The first-order chi connectivity index (χ1) is 30.5. The van der Waals surface area contributed by atoms with Crippen molar-refractivity contribution >= 4 is 0 Å². The van der Waals surface area contributed by atoms with Crippen molar-refractivity contribution in [2.24, 2.45) is 56.2 Å². The second-order valence-corrected chi connectivity index (χ2v) is 27.3. The van der Waals surface area contributed by atoms with Crippen molar-refractivity contribution in [3.8, 4) is 0 Å². The Balaban J connectivity index is 0.000000296. The third kappa shape index (κ3) is 17.7. The minimum atomic E-state index is -5.68. The Morgan fingerprint density at radius 1 is 0.500 bits per heavy atom. The first-order valence-electron chi connectivity index (χ1n) is 26.4. The Hall–Kier alpha value is -1.36. The lowest BCUT2D eigenvalue weighted by molar-refractivity contribution is -0.497. The van der Waals surface area contributed by atoms with Gasteiger partial charge in [0, 0.05) is 11.8 Å². The molecule has 0 spiro atoms. The van der Waals surface area contributed by atoms with E-state index in [1.165, 1.54) is 84.0 Å². The lowest BCUT2D eigenvalue weighted by Crippen LogP contribution is -2.66. The zero-order valence-electron chi connectivity index (χ0n) is 47.2. The van der Waals surface area contributed by atoms with Crippen molar-refractivity contribution in [1.82, 2.24) is 0 Å². The fourth-order valence-electron chi connectivity index (χ4n) is 11.4. The van der Waals surface area contributed by atoms with Crippen LogP contribution in [0.5, 0.6) is 0 Å². The normalized spacial score (nSPS) is 28.8. The van der Waals surface area contributed by atoms with E-state index in [9.17, 15) is 26.3 Å². The van der Waals surface area contributed by atoms with Gasteiger partial charge in [-0.15, -0.1) is 0 Å². The molecule has 5 aliphatic rings. The van der Waals surface area contributed by atoms with Gasteiger partial charge in [-0.2, -0.15) is 26.3 Å². The molecule has 1 aromatic carbocycles. The Bertz CT molecular complexity index is 1610. The van der Waals surface area contributed by atoms with Crippen molar-refractivity contribution in [3.05, 3.63) is 35.4 Å². The van der Waals surface area contributed by atoms with E-state index in [1.807, 2.05) is 13.8 Å². The molecule has 0 aromatic heterocycles. The van der Waals surface area contributed by atoms with Gasteiger partial charge in [-0.25, -0.2) is 0 Å². The minimum Gasteiger partial charge on any atom is -0.350 e. The van der Waals surface area contributed by atoms with E-state index in [0.29, 0.717) is 27.6 Å². The molecule has 68 heavy (non-hydrogen) atoms. The summed E-state index contributed by atoms with van der Waals surface area (Å²) in [6.07, 6.45) is 4.81. The highest BCUT2D eigenvalue weighted by Crippen LogP contribution is 2.52. The number of hydrogen-bond acceptors (Lipinski definition) is 4. The van der Waals surface area contributed by atoms with E-state index in [2.05, 4.69) is 138 Å². The Morgan fingerprint density at radius 3 is 1.34 bits per heavy atom. The number of benzene rings is 1. The van der Waals surface area contributed by atoms with Crippen LogP contribution in [-0.2, 0) is 25.4 Å². The standard InChI is InChI=1S/C14H20.C11H16F6O2.C11H22O2.2C11H22/c1-14(2,3)13-10-6-8-11-7-4-5-9-12(11)13;1-6-7(8(2,3)4)5-18-9(19-6,10(12,13)14)11(15,16)17;1-8-9(10(2,3)4)7-12-11(5,6)13-8;1-10(2,3)11(4)8-6-5-7-9-11;1-9-7-5-6-8-10(9)11(2,3)4/h4-5,7,9,13H,6,8,10H2,1-3H3;6-7H,5H2,1-4H3;8-9H,7H2,1-6H3;5-9H2,1-4H3;9-10H,5-8H2,1-4H3. The van der Waals surface area contributed by atoms with Gasteiger partial charge in [-0.05, 0) is 128 Å². The molecule has 400 valence electrons. The van der Waals surface area contributed by atoms with Crippen molar-refractivity contribution < 1.29 is 45.3 Å². The Labute approximate surface area is 413 Å². The lowest BCUT2D eigenvalue weighted by Gasteiger charge is -2.47. The predicted molar refractivity (Wildman–Crippen MR) is 271 cm³/mol. The van der Waals surface area contributed by atoms with Gasteiger partial charge >= 0.3 is 18.1 Å². The molecule has 0 radical (unpaired) electrons. The quantitative estimate of drug-likeness (QED) is 0.243. The van der Waals surface area contributed by atoms with Gasteiger partial charge < -0.3 is 18.9 Å². The number of alkyl halides is 6. The molecule has 0 bridgehead atoms. The number of fused-ring (bicyclic) bond motifs is 1. The van der Waals surface area contributed by atoms with Crippen LogP contribution < -0.4 is 0 Å². The maximum atomic E-state index is 12.7. The van der Waals surface area contributed by atoms with Gasteiger partial charge in [0.25, 0.3) is 0 Å². The molecule has 2 saturated heterocycles. The summed E-state index contributed by atoms with van der Waals surface area (Å²) in [5, 5.41) is 0. The van der Waals surface area contributed by atoms with Gasteiger partial charge in [0.2, 0.25) is 0 Å². The Morgan fingerprint density at radius 2 is 0.956 bits per heavy atom. The highest BCUT2D eigenvalue weighted by molar-refractivity contribution is 5.33. The maximum absolute atomic E-state index is 12.7. The van der Waals surface area contributed by atoms with E-state index < -0.39 is 48.0 Å². The molecule has 7 unspecified atom stereocenters. The third-order valence-electron chi connectivity index (χ3n) is 16.4. The van der Waals surface area contributed by atoms with E-state index in [-0.39, 0.29) is 11.5 Å². The second kappa shape index (κ2) is 23.7. The number of halogens is 6. The summed E-state index contributed by atoms with van der Waals surface area (Å²) in [7, 11) is 0. The van der Waals surface area contributed by atoms with Crippen LogP contribution in [0.1, 0.15) is 233 Å². The van der Waals surface area contributed by atoms with Gasteiger partial charge in [0.05, 0.1) is 25.4 Å². The first kappa shape index (κ1) is 62.8. The summed E-state index contributed by atoms with van der Waals surface area (Å²) in [4.78, 5) is 0. The lowest BCUT2D eigenvalue weighted by atomic mass is 9.61. The fraction of sp³-hybridized carbons (Fsp3) is 0.897. The van der Waals surface area contributed by atoms with Crippen LogP contribution in [0.2, 0.25) is 0 Å². The summed E-state index contributed by atoms with van der Waals surface area (Å²) in [6.45, 7) is 45.5. The van der Waals surface area contributed by atoms with Crippen LogP contribution in [0.25, 0.3) is 0 Å². The van der Waals surface area contributed by atoms with Gasteiger partial charge in [0.1, 0.15) is 0 Å². The van der Waals surface area contributed by atoms with Gasteiger partial charge in [-0.3, -0.25) is 0 Å². The average molecular weight is 977 g/mol. The summed E-state index contributed by atoms with van der Waals surface area (Å²) in [6, 6.07) is 8.98. The molecule has 2 saturated carbocycles. The zero-order chi connectivity index (χ0) is 52.8. The summed E-state index contributed by atoms with van der Waals surface area (Å²) in [5.74, 6) is -2.32. The zero-order valence-corrected chi connectivity index (χ0v) is 47.2. The van der Waals surface area contributed by atoms with Crippen LogP contribution in [0.15, 0.2) is 24.3 Å². The fourth-order valence-corrected chi connectivity index (χ4v) is 11.4. The summed E-state index contributed by atoms with van der Waals surface area (Å²) >= 11 is 0. The first-order valence-corrected chi connectivity index (χ1v) is 26.4. The maximum Gasteiger partial charge on any atom is 0.453 e. The number of ether oxygens (including phenoxy) is 4. The van der Waals surface area contributed by atoms with Crippen molar-refractivity contribution in [2.45, 2.75) is 265 Å². The minimum absolute atomic E-state index is 0.260. The molecular formula is C58H102F6O4. The summed E-state index contributed by atoms with van der Waals surface area (Å²) < 4.78 is 96.2. The predicted octanol–water partition coefficient (Wildman–Crippen LogP) is 18.7. The molecule has 2 heterocycles. The average Bonchev–Trinajstić information content (AvgIpc) is 3.15. The van der Waals surface area contributed by atoms with E-state index in [1.54, 1.807) is 31.9 Å². The molecule has 1 aromatic rings. The van der Waals surface area contributed by atoms with Crippen LogP contribution in [0.4, 0.5) is 26.3 Å². The molecular weight excluding hydrogens is 875 g/mol. The number of rotatable bonds is 0. The molecule has 4 fully saturated rings. The van der Waals surface area contributed by atoms with Crippen molar-refractivity contribution in [2.75, 3.05) is 13.2 Å². The highest BCUT2D eigenvalue weighted by atomic mass is 19.4. The largest absolute Gasteiger partial charge is 0.453 e. The summed E-state index contributed by atoms with van der Waals surface area (Å²) in [5.41, 5.74) is 5.00. The molecule has 0 N–H and O–H groups in total. The molecule has 10 heteroatoms. The topological polar surface area (TPSA) is 36.9 Å². The van der Waals surface area contributed by atoms with Crippen LogP contribution >= 0.6 is 0 Å². The molecule has 6 rings (SSSR count). The van der Waals surface area contributed by atoms with Crippen molar-refractivity contribution in [1.29, 1.82) is 0 Å². The second-order valence-electron chi connectivity index (χ2n) is 27.3. The molecule has 4 nitrogen and oxygen atoms in total. The smallest absolute Gasteiger partial charge is 0.350 e. The van der Waals surface area contributed by atoms with Gasteiger partial charge in [0.15, 0.2) is 5.79 Å². The molecule has 0 amide bonds. The Kier molecular flexibility index (Phi) is 21.8. The monoisotopic (exact) mass is 977 g/mol. The van der Waals surface area contributed by atoms with E-state index in [4.69, 9.17) is 9.47 Å². The van der Waals surface area contributed by atoms with Crippen LogP contribution in [-0.4, -0.2) is 49.3 Å². The van der Waals surface area contributed by atoms with Crippen LogP contribution in [0, 0.1) is 56.2 Å². The molecule has 7 atom stereocenters. The molecule has 2 aliphatic heterocycles. The third-order valence-corrected chi connectivity index (χ3v) is 16.4. The van der Waals surface area contributed by atoms with Crippen molar-refractivity contribution in [3.63, 3.8) is 0 Å². The SMILES string of the molecule is CC(C)(C)C1(C)CCCCC1.CC(C)(C)C1CCCc2ccccc21.CC1CCCCC1C(C)(C)C.CC1OC(C(F)(F)F)(C(F)(F)F)OCC1C(C)(C)C.CC1OC(C)(C)OCC1C(C)(C)C. The highest BCUT2D eigenvalue weighted by Gasteiger charge is 2.76. The van der Waals surface area contributed by atoms with Gasteiger partial charge in [-0.1, -0.05) is 180 Å². The number of aryl methyl sites for hydroxylation is 1.